The number of amides is 2. The highest BCUT2D eigenvalue weighted by atomic mass is 33.1. The van der Waals surface area contributed by atoms with Crippen LogP contribution in [0.15, 0.2) is 0 Å². The molecule has 194 valence electrons. The topological polar surface area (TPSA) is 84.0 Å². The van der Waals surface area contributed by atoms with E-state index in [9.17, 15) is 9.59 Å². The van der Waals surface area contributed by atoms with Crippen molar-refractivity contribution in [2.24, 2.45) is 0 Å². The molecule has 0 N–H and O–H groups in total. The van der Waals surface area contributed by atoms with Gasteiger partial charge in [-0.05, 0) is 34.4 Å². The first kappa shape index (κ1) is 29.2. The minimum absolute atomic E-state index is 0.180. The van der Waals surface area contributed by atoms with Crippen LogP contribution in [0.2, 0.25) is 0 Å². The Labute approximate surface area is 220 Å². The number of hydrogen-bond donors (Lipinski definition) is 0. The highest BCUT2D eigenvalue weighted by Gasteiger charge is 2.25. The molecule has 2 aliphatic rings. The van der Waals surface area contributed by atoms with Crippen LogP contribution in [0.4, 0.5) is 9.59 Å². The fraction of sp³-hybridized carbons (Fsp3) is 0.800. The van der Waals surface area contributed by atoms with E-state index in [1.165, 1.54) is 31.4 Å². The molecule has 2 saturated heterocycles. The Morgan fingerprint density at radius 3 is 1.56 bits per heavy atom. The molecule has 0 radical (unpaired) electrons. The number of carbonyl (C=O) groups excluding carboxylic acids is 2. The Hall–Kier alpha value is -1.06. The summed E-state index contributed by atoms with van der Waals surface area (Å²) < 4.78 is 23.6. The summed E-state index contributed by atoms with van der Waals surface area (Å²) in [7, 11) is 9.45. The molecule has 2 fully saturated rings. The van der Waals surface area contributed by atoms with Gasteiger partial charge in [0.2, 0.25) is 0 Å². The van der Waals surface area contributed by atoms with E-state index in [4.69, 9.17) is 43.4 Å². The molecular weight excluding hydrogens is 521 g/mol. The van der Waals surface area contributed by atoms with Crippen LogP contribution in [-0.4, -0.2) is 133 Å². The quantitative estimate of drug-likeness (QED) is 0.378. The van der Waals surface area contributed by atoms with Crippen LogP contribution in [0.5, 0.6) is 0 Å². The molecule has 0 aromatic rings. The second-order valence-corrected chi connectivity index (χ2v) is 11.6. The lowest BCUT2D eigenvalue weighted by atomic mass is 10.3. The van der Waals surface area contributed by atoms with Crippen LogP contribution in [0.3, 0.4) is 0 Å². The van der Waals surface area contributed by atoms with Gasteiger partial charge >= 0.3 is 12.2 Å². The van der Waals surface area contributed by atoms with Gasteiger partial charge in [-0.1, -0.05) is 24.4 Å². The van der Waals surface area contributed by atoms with E-state index in [0.717, 1.165) is 25.9 Å². The minimum atomic E-state index is -0.395. The number of nitrogens with zero attached hydrogens (tertiary/aromatic N) is 4. The molecule has 0 aromatic heterocycles. The standard InChI is InChI=1S/C20H34N4O6S4/c1-21(2)17(25)29-13-15-11-23(7-5-9-27-15)19(31)33-34-20(32)24-8-6-10-28-16(12-24)14-30-18(26)22(3)4/h15-16H,5-14H2,1-4H3. The van der Waals surface area contributed by atoms with Crippen molar-refractivity contribution < 1.29 is 28.5 Å². The van der Waals surface area contributed by atoms with Crippen molar-refractivity contribution >= 4 is 66.9 Å². The third kappa shape index (κ3) is 10.3. The average Bonchev–Trinajstić information content (AvgIpc) is 3.19. The Kier molecular flexibility index (Phi) is 13.0. The lowest BCUT2D eigenvalue weighted by Gasteiger charge is -2.27. The normalized spacial score (nSPS) is 21.2. The molecule has 14 heteroatoms. The fourth-order valence-electron chi connectivity index (χ4n) is 3.09. The zero-order chi connectivity index (χ0) is 25.1. The monoisotopic (exact) mass is 554 g/mol. The molecule has 0 saturated carbocycles. The van der Waals surface area contributed by atoms with Crippen LogP contribution in [0, 0.1) is 0 Å². The summed E-state index contributed by atoms with van der Waals surface area (Å²) in [4.78, 5) is 30.3. The van der Waals surface area contributed by atoms with Gasteiger partial charge in [0.05, 0.1) is 0 Å². The molecule has 2 amide bonds. The highest BCUT2D eigenvalue weighted by Crippen LogP contribution is 2.30. The number of hydrogen-bond acceptors (Lipinski definition) is 10. The molecule has 2 aliphatic heterocycles. The van der Waals surface area contributed by atoms with E-state index in [-0.39, 0.29) is 25.4 Å². The lowest BCUT2D eigenvalue weighted by Crippen LogP contribution is -2.38. The molecule has 2 unspecified atom stereocenters. The highest BCUT2D eigenvalue weighted by molar-refractivity contribution is 8.89. The van der Waals surface area contributed by atoms with Gasteiger partial charge in [0.15, 0.2) is 0 Å². The van der Waals surface area contributed by atoms with Crippen molar-refractivity contribution in [1.29, 1.82) is 0 Å². The molecule has 10 nitrogen and oxygen atoms in total. The van der Waals surface area contributed by atoms with Crippen molar-refractivity contribution in [3.63, 3.8) is 0 Å². The third-order valence-corrected chi connectivity index (χ3v) is 8.65. The number of ether oxygens (including phenoxy) is 4. The first-order valence-electron chi connectivity index (χ1n) is 11.0. The van der Waals surface area contributed by atoms with Crippen molar-refractivity contribution in [3.8, 4) is 0 Å². The molecule has 0 aliphatic carbocycles. The first-order chi connectivity index (χ1) is 16.2. The number of rotatable bonds is 4. The predicted octanol–water partition coefficient (Wildman–Crippen LogP) is 2.52. The van der Waals surface area contributed by atoms with E-state index in [1.807, 2.05) is 0 Å². The van der Waals surface area contributed by atoms with Crippen LogP contribution in [-0.2, 0) is 18.9 Å². The molecule has 2 atom stereocenters. The minimum Gasteiger partial charge on any atom is -0.447 e. The van der Waals surface area contributed by atoms with E-state index in [2.05, 4.69) is 9.80 Å². The Balaban J connectivity index is 1.81. The van der Waals surface area contributed by atoms with Crippen molar-refractivity contribution in [1.82, 2.24) is 19.6 Å². The van der Waals surface area contributed by atoms with E-state index >= 15 is 0 Å². The largest absolute Gasteiger partial charge is 0.447 e. The number of thiocarbonyl (C=S) groups is 2. The summed E-state index contributed by atoms with van der Waals surface area (Å²) in [6.45, 7) is 4.19. The van der Waals surface area contributed by atoms with E-state index in [1.54, 1.807) is 28.2 Å². The molecule has 0 bridgehead atoms. The second kappa shape index (κ2) is 15.1. The zero-order valence-electron chi connectivity index (χ0n) is 20.1. The maximum Gasteiger partial charge on any atom is 0.409 e. The van der Waals surface area contributed by atoms with Gasteiger partial charge in [0.1, 0.15) is 34.1 Å². The summed E-state index contributed by atoms with van der Waals surface area (Å²) in [5.41, 5.74) is 0. The first-order valence-corrected chi connectivity index (χ1v) is 14.0. The molecule has 0 spiro atoms. The van der Waals surface area contributed by atoms with Gasteiger partial charge in [-0.15, -0.1) is 0 Å². The Bertz CT molecular complexity index is 657. The van der Waals surface area contributed by atoms with Gasteiger partial charge in [0.25, 0.3) is 0 Å². The van der Waals surface area contributed by atoms with Crippen molar-refractivity contribution in [2.45, 2.75) is 25.0 Å². The van der Waals surface area contributed by atoms with Crippen LogP contribution >= 0.6 is 46.0 Å². The SMILES string of the molecule is CN(C)C(=O)OCC1CN(C(=S)SSC(=S)N2CCCOC(COC(=O)N(C)C)C2)CCCO1. The van der Waals surface area contributed by atoms with E-state index in [0.29, 0.717) is 34.9 Å². The van der Waals surface area contributed by atoms with Crippen LogP contribution in [0.25, 0.3) is 0 Å². The van der Waals surface area contributed by atoms with Gasteiger partial charge < -0.3 is 38.5 Å². The molecule has 2 rings (SSSR count). The van der Waals surface area contributed by atoms with Crippen molar-refractivity contribution in [2.75, 3.05) is 80.8 Å². The van der Waals surface area contributed by atoms with Gasteiger partial charge in [0, 0.05) is 67.6 Å². The second-order valence-electron chi connectivity index (χ2n) is 8.23. The molecule has 2 heterocycles. The smallest absolute Gasteiger partial charge is 0.409 e. The van der Waals surface area contributed by atoms with Gasteiger partial charge in [-0.25, -0.2) is 9.59 Å². The molecule has 0 aromatic carbocycles. The van der Waals surface area contributed by atoms with Gasteiger partial charge in [-0.2, -0.15) is 0 Å². The maximum absolute atomic E-state index is 11.7. The third-order valence-electron chi connectivity index (χ3n) is 4.92. The molecular formula is C20H34N4O6S4. The lowest BCUT2D eigenvalue weighted by molar-refractivity contribution is 0.00485. The van der Waals surface area contributed by atoms with Crippen LogP contribution < -0.4 is 0 Å². The average molecular weight is 555 g/mol. The zero-order valence-corrected chi connectivity index (χ0v) is 23.4. The predicted molar refractivity (Wildman–Crippen MR) is 142 cm³/mol. The maximum atomic E-state index is 11.7. The summed E-state index contributed by atoms with van der Waals surface area (Å²) >= 11 is 11.3. The summed E-state index contributed by atoms with van der Waals surface area (Å²) in [5, 5.41) is 0. The summed E-state index contributed by atoms with van der Waals surface area (Å²) in [6, 6.07) is 0. The van der Waals surface area contributed by atoms with Crippen LogP contribution in [0.1, 0.15) is 12.8 Å². The molecule has 34 heavy (non-hydrogen) atoms. The Morgan fingerprint density at radius 2 is 1.21 bits per heavy atom. The Morgan fingerprint density at radius 1 is 0.824 bits per heavy atom. The summed E-state index contributed by atoms with van der Waals surface area (Å²) in [6.07, 6.45) is 0.405. The van der Waals surface area contributed by atoms with Crippen molar-refractivity contribution in [3.05, 3.63) is 0 Å². The van der Waals surface area contributed by atoms with E-state index < -0.39 is 12.2 Å². The summed E-state index contributed by atoms with van der Waals surface area (Å²) in [5.74, 6) is 0. The van der Waals surface area contributed by atoms with Gasteiger partial charge in [-0.3, -0.25) is 0 Å². The fourth-order valence-corrected chi connectivity index (χ4v) is 5.78. The number of carbonyl (C=O) groups is 2.